The molecule has 1 aliphatic heterocycles. The molecule has 9 nitrogen and oxygen atoms in total. The highest BCUT2D eigenvalue weighted by atomic mass is 16.3. The zero-order chi connectivity index (χ0) is 25.3. The zero-order valence-corrected chi connectivity index (χ0v) is 20.9. The van der Waals surface area contributed by atoms with Gasteiger partial charge in [0.05, 0.1) is 24.6 Å². The monoisotopic (exact) mass is 482 g/mol. The smallest absolute Gasteiger partial charge is 0.236 e. The van der Waals surface area contributed by atoms with Crippen molar-refractivity contribution in [1.82, 2.24) is 20.0 Å². The summed E-state index contributed by atoms with van der Waals surface area (Å²) in [6.07, 6.45) is 5.27. The number of carbonyl (C=O) groups is 2. The first kappa shape index (κ1) is 25.6. The Kier molecular flexibility index (Phi) is 7.21. The summed E-state index contributed by atoms with van der Waals surface area (Å²) in [5, 5.41) is 23.8. The molecular weight excluding hydrogens is 444 g/mol. The van der Waals surface area contributed by atoms with Gasteiger partial charge in [0.25, 0.3) is 0 Å². The van der Waals surface area contributed by atoms with Crippen molar-refractivity contribution < 1.29 is 14.7 Å². The third-order valence-corrected chi connectivity index (χ3v) is 8.71. The van der Waals surface area contributed by atoms with Crippen molar-refractivity contribution >= 4 is 11.8 Å². The Morgan fingerprint density at radius 1 is 1.17 bits per heavy atom. The molecular formula is C26H38N6O3. The van der Waals surface area contributed by atoms with Crippen LogP contribution in [0.4, 0.5) is 0 Å². The van der Waals surface area contributed by atoms with Gasteiger partial charge in [0, 0.05) is 24.2 Å². The van der Waals surface area contributed by atoms with E-state index in [1.54, 1.807) is 4.90 Å². The molecule has 35 heavy (non-hydrogen) atoms. The Bertz CT molecular complexity index is 963. The van der Waals surface area contributed by atoms with Gasteiger partial charge in [-0.3, -0.25) is 24.3 Å². The summed E-state index contributed by atoms with van der Waals surface area (Å²) in [6, 6.07) is 13.1. The van der Waals surface area contributed by atoms with Crippen LogP contribution in [0.3, 0.4) is 0 Å². The number of rotatable bonds is 8. The number of aliphatic hydroxyl groups is 1. The van der Waals surface area contributed by atoms with Crippen molar-refractivity contribution in [3.63, 3.8) is 0 Å². The van der Waals surface area contributed by atoms with E-state index >= 15 is 0 Å². The van der Waals surface area contributed by atoms with E-state index in [-0.39, 0.29) is 30.1 Å². The lowest BCUT2D eigenvalue weighted by Crippen LogP contribution is -2.58. The number of amides is 2. The highest BCUT2D eigenvalue weighted by Crippen LogP contribution is 2.51. The molecule has 9 heteroatoms. The largest absolute Gasteiger partial charge is 0.368 e. The number of nitrogens with two attached hydrogens (primary N) is 1. The lowest BCUT2D eigenvalue weighted by atomic mass is 9.66. The summed E-state index contributed by atoms with van der Waals surface area (Å²) in [5.74, 6) is -0.950. The third-order valence-electron chi connectivity index (χ3n) is 8.71. The van der Waals surface area contributed by atoms with Crippen LogP contribution in [0, 0.1) is 16.7 Å². The molecule has 4 rings (SSSR count). The van der Waals surface area contributed by atoms with Crippen molar-refractivity contribution in [3.8, 4) is 6.07 Å². The first-order chi connectivity index (χ1) is 16.7. The second kappa shape index (κ2) is 9.86. The Labute approximate surface area is 207 Å². The van der Waals surface area contributed by atoms with E-state index in [4.69, 9.17) is 5.73 Å². The van der Waals surface area contributed by atoms with Crippen LogP contribution < -0.4 is 11.1 Å². The second-order valence-electron chi connectivity index (χ2n) is 10.9. The number of hydrogen-bond acceptors (Lipinski definition) is 7. The van der Waals surface area contributed by atoms with Gasteiger partial charge in [0.2, 0.25) is 11.8 Å². The highest BCUT2D eigenvalue weighted by Gasteiger charge is 2.57. The molecule has 1 atom stereocenters. The quantitative estimate of drug-likeness (QED) is 0.504. The van der Waals surface area contributed by atoms with Crippen LogP contribution in [0.25, 0.3) is 0 Å². The molecule has 0 radical (unpaired) electrons. The Hall–Kier alpha value is -2.51. The summed E-state index contributed by atoms with van der Waals surface area (Å²) in [4.78, 5) is 29.7. The minimum absolute atomic E-state index is 0.0240. The van der Waals surface area contributed by atoms with Crippen molar-refractivity contribution in [2.75, 3.05) is 40.3 Å². The normalized spacial score (nSPS) is 30.7. The van der Waals surface area contributed by atoms with Gasteiger partial charge >= 0.3 is 0 Å². The molecule has 2 aliphatic carbocycles. The predicted octanol–water partition coefficient (Wildman–Crippen LogP) is 0.945. The Morgan fingerprint density at radius 3 is 2.34 bits per heavy atom. The first-order valence-electron chi connectivity index (χ1n) is 12.5. The first-order valence-corrected chi connectivity index (χ1v) is 12.5. The molecule has 2 saturated carbocycles. The zero-order valence-electron chi connectivity index (χ0n) is 20.9. The lowest BCUT2D eigenvalue weighted by molar-refractivity contribution is -0.132. The summed E-state index contributed by atoms with van der Waals surface area (Å²) >= 11 is 0. The fourth-order valence-corrected chi connectivity index (χ4v) is 6.36. The maximum Gasteiger partial charge on any atom is 0.236 e. The van der Waals surface area contributed by atoms with Gasteiger partial charge in [0.15, 0.2) is 6.35 Å². The number of nitrogens with zero attached hydrogens (tertiary/aromatic N) is 4. The Balaban J connectivity index is 1.57. The van der Waals surface area contributed by atoms with E-state index in [0.717, 1.165) is 44.9 Å². The maximum absolute atomic E-state index is 12.5. The molecule has 1 aromatic carbocycles. The van der Waals surface area contributed by atoms with Crippen molar-refractivity contribution in [1.29, 1.82) is 5.26 Å². The second-order valence-corrected chi connectivity index (χ2v) is 10.9. The predicted molar refractivity (Wildman–Crippen MR) is 131 cm³/mol. The molecule has 1 aromatic rings. The van der Waals surface area contributed by atoms with Crippen LogP contribution in [-0.4, -0.2) is 83.8 Å². The SMILES string of the molecule is CN(C)C1(c2ccccc2)CCC2(CC1)CN(CC(=O)NCC(N)=O)C(O)N2CC1(C#N)CCC1. The molecule has 0 bridgehead atoms. The Morgan fingerprint density at radius 2 is 1.83 bits per heavy atom. The lowest BCUT2D eigenvalue weighted by Gasteiger charge is -2.53. The minimum Gasteiger partial charge on any atom is -0.368 e. The average molecular weight is 483 g/mol. The topological polar surface area (TPSA) is 126 Å². The van der Waals surface area contributed by atoms with Crippen molar-refractivity contribution in [3.05, 3.63) is 35.9 Å². The maximum atomic E-state index is 12.5. The fraction of sp³-hybridized carbons (Fsp3) is 0.654. The number of carbonyl (C=O) groups excluding carboxylic acids is 2. The summed E-state index contributed by atoms with van der Waals surface area (Å²) in [7, 11) is 4.25. The molecule has 3 aliphatic rings. The van der Waals surface area contributed by atoms with E-state index in [2.05, 4.69) is 59.5 Å². The minimum atomic E-state index is -0.955. The van der Waals surface area contributed by atoms with Gasteiger partial charge in [-0.2, -0.15) is 5.26 Å². The number of primary amides is 1. The molecule has 4 N–H and O–H groups in total. The molecule has 3 fully saturated rings. The molecule has 190 valence electrons. The van der Waals surface area contributed by atoms with E-state index < -0.39 is 17.7 Å². The van der Waals surface area contributed by atoms with Crippen LogP contribution in [-0.2, 0) is 15.1 Å². The van der Waals surface area contributed by atoms with Crippen LogP contribution in [0.2, 0.25) is 0 Å². The van der Waals surface area contributed by atoms with E-state index in [9.17, 15) is 20.0 Å². The van der Waals surface area contributed by atoms with Gasteiger partial charge in [0.1, 0.15) is 0 Å². The molecule has 2 amide bonds. The van der Waals surface area contributed by atoms with Gasteiger partial charge in [-0.15, -0.1) is 0 Å². The fourth-order valence-electron chi connectivity index (χ4n) is 6.36. The number of benzene rings is 1. The van der Waals surface area contributed by atoms with E-state index in [1.807, 2.05) is 6.07 Å². The van der Waals surface area contributed by atoms with Gasteiger partial charge < -0.3 is 16.2 Å². The molecule has 0 aromatic heterocycles. The average Bonchev–Trinajstić information content (AvgIpc) is 3.06. The number of nitriles is 1. The van der Waals surface area contributed by atoms with Gasteiger partial charge in [-0.1, -0.05) is 36.8 Å². The molecule has 1 saturated heterocycles. The molecule has 1 unspecified atom stereocenters. The summed E-state index contributed by atoms with van der Waals surface area (Å²) in [6.45, 7) is 0.795. The van der Waals surface area contributed by atoms with E-state index in [1.165, 1.54) is 5.56 Å². The number of aliphatic hydroxyl groups excluding tert-OH is 1. The number of nitrogens with one attached hydrogen (secondary N) is 1. The van der Waals surface area contributed by atoms with Crippen LogP contribution in [0.5, 0.6) is 0 Å². The van der Waals surface area contributed by atoms with Gasteiger partial charge in [-0.05, 0) is 58.2 Å². The third kappa shape index (κ3) is 4.81. The summed E-state index contributed by atoms with van der Waals surface area (Å²) < 4.78 is 0. The standard InChI is InChI=1S/C26H38N6O3/c1-30(2)26(20-7-4-3-5-8-20)13-11-25(12-14-26)19-31(16-22(34)29-15-21(28)33)23(35)32(25)18-24(17-27)9-6-10-24/h3-5,7-8,23,35H,6,9-16,18-19H2,1-2H3,(H2,28,33)(H,29,34). The summed E-state index contributed by atoms with van der Waals surface area (Å²) in [5.41, 5.74) is 5.59. The van der Waals surface area contributed by atoms with Crippen LogP contribution in [0.15, 0.2) is 30.3 Å². The molecule has 1 heterocycles. The van der Waals surface area contributed by atoms with E-state index in [0.29, 0.717) is 13.1 Å². The van der Waals surface area contributed by atoms with Gasteiger partial charge in [-0.25, -0.2) is 0 Å². The van der Waals surface area contributed by atoms with Crippen molar-refractivity contribution in [2.45, 2.75) is 62.4 Å². The highest BCUT2D eigenvalue weighted by molar-refractivity contribution is 5.84. The van der Waals surface area contributed by atoms with Crippen LogP contribution >= 0.6 is 0 Å². The molecule has 1 spiro atoms. The number of hydrogen-bond donors (Lipinski definition) is 3. The van der Waals surface area contributed by atoms with Crippen molar-refractivity contribution in [2.24, 2.45) is 11.1 Å². The van der Waals surface area contributed by atoms with Crippen LogP contribution in [0.1, 0.15) is 50.5 Å².